The smallest absolute Gasteiger partial charge is 0.326 e. The molecule has 0 aromatic carbocycles. The van der Waals surface area contributed by atoms with Gasteiger partial charge in [-0.1, -0.05) is 20.3 Å². The van der Waals surface area contributed by atoms with E-state index in [-0.39, 0.29) is 24.7 Å². The third-order valence-electron chi connectivity index (χ3n) is 5.11. The van der Waals surface area contributed by atoms with E-state index in [1.54, 1.807) is 13.8 Å². The van der Waals surface area contributed by atoms with Crippen molar-refractivity contribution in [1.82, 2.24) is 16.0 Å². The van der Waals surface area contributed by atoms with Gasteiger partial charge in [-0.25, -0.2) is 4.79 Å². The van der Waals surface area contributed by atoms with Crippen LogP contribution in [0.4, 0.5) is 0 Å². The second-order valence-corrected chi connectivity index (χ2v) is 7.99. The molecule has 0 radical (unpaired) electrons. The molecule has 0 aliphatic heterocycles. The first-order valence-electron chi connectivity index (χ1n) is 11.0. The minimum Gasteiger partial charge on any atom is -0.481 e. The lowest BCUT2D eigenvalue weighted by Crippen LogP contribution is -2.58. The van der Waals surface area contributed by atoms with E-state index in [1.807, 2.05) is 0 Å². The summed E-state index contributed by atoms with van der Waals surface area (Å²) in [6, 6.07) is -4.46. The summed E-state index contributed by atoms with van der Waals surface area (Å²) in [5, 5.41) is 25.3. The number of aliphatic imine (C=N–C) groups is 1. The molecule has 0 saturated heterocycles. The van der Waals surface area contributed by atoms with Crippen LogP contribution in [-0.2, 0) is 24.0 Å². The lowest BCUT2D eigenvalue weighted by atomic mass is 9.97. The van der Waals surface area contributed by atoms with Crippen LogP contribution in [-0.4, -0.2) is 76.5 Å². The third-order valence-corrected chi connectivity index (χ3v) is 5.11. The largest absolute Gasteiger partial charge is 0.481 e. The average Bonchev–Trinajstić information content (AvgIpc) is 2.75. The Morgan fingerprint density at radius 3 is 2.03 bits per heavy atom. The molecule has 5 atom stereocenters. The molecule has 0 aliphatic carbocycles. The molecule has 0 aromatic rings. The molecule has 3 amide bonds. The molecule has 11 N–H and O–H groups in total. The molecule has 0 rings (SSSR count). The maximum Gasteiger partial charge on any atom is 0.326 e. The molecule has 14 heteroatoms. The summed E-state index contributed by atoms with van der Waals surface area (Å²) in [7, 11) is 0. The van der Waals surface area contributed by atoms with Crippen LogP contribution in [0.25, 0.3) is 0 Å². The minimum atomic E-state index is -1.43. The predicted molar refractivity (Wildman–Crippen MR) is 123 cm³/mol. The van der Waals surface area contributed by atoms with Crippen molar-refractivity contribution in [3.8, 4) is 0 Å². The van der Waals surface area contributed by atoms with Crippen molar-refractivity contribution in [2.45, 2.75) is 77.0 Å². The molecular weight excluding hydrogens is 450 g/mol. The van der Waals surface area contributed by atoms with Crippen molar-refractivity contribution in [1.29, 1.82) is 0 Å². The van der Waals surface area contributed by atoms with Gasteiger partial charge in [0.05, 0.1) is 6.04 Å². The van der Waals surface area contributed by atoms with Crippen molar-refractivity contribution in [3.05, 3.63) is 0 Å². The summed E-state index contributed by atoms with van der Waals surface area (Å²) in [5.74, 6) is -5.05. The molecule has 0 saturated carbocycles. The maximum absolute atomic E-state index is 12.7. The Hall–Kier alpha value is -3.42. The zero-order valence-electron chi connectivity index (χ0n) is 19.7. The van der Waals surface area contributed by atoms with Gasteiger partial charge in [-0.15, -0.1) is 0 Å². The van der Waals surface area contributed by atoms with Gasteiger partial charge in [0.25, 0.3) is 0 Å². The molecule has 0 bridgehead atoms. The number of guanidine groups is 1. The quantitative estimate of drug-likeness (QED) is 0.0664. The summed E-state index contributed by atoms with van der Waals surface area (Å²) >= 11 is 0. The highest BCUT2D eigenvalue weighted by atomic mass is 16.4. The number of amides is 3. The fourth-order valence-corrected chi connectivity index (χ4v) is 2.80. The molecule has 194 valence electrons. The van der Waals surface area contributed by atoms with Crippen LogP contribution in [0.2, 0.25) is 0 Å². The normalized spacial score (nSPS) is 15.1. The van der Waals surface area contributed by atoms with Gasteiger partial charge >= 0.3 is 11.9 Å². The maximum atomic E-state index is 12.7. The van der Waals surface area contributed by atoms with Gasteiger partial charge in [0.1, 0.15) is 18.1 Å². The number of carboxylic acid groups (broad SMARTS) is 2. The first-order chi connectivity index (χ1) is 15.8. The van der Waals surface area contributed by atoms with Crippen LogP contribution in [0.15, 0.2) is 4.99 Å². The van der Waals surface area contributed by atoms with Gasteiger partial charge in [-0.2, -0.15) is 0 Å². The molecule has 0 spiro atoms. The first kappa shape index (κ1) is 30.6. The van der Waals surface area contributed by atoms with Gasteiger partial charge in [-0.05, 0) is 32.1 Å². The van der Waals surface area contributed by atoms with E-state index >= 15 is 0 Å². The van der Waals surface area contributed by atoms with E-state index in [0.29, 0.717) is 19.4 Å². The Labute approximate surface area is 198 Å². The predicted octanol–water partition coefficient (Wildman–Crippen LogP) is -2.16. The lowest BCUT2D eigenvalue weighted by Gasteiger charge is -2.27. The third kappa shape index (κ3) is 12.0. The standard InChI is InChI=1S/C20H37N7O7/c1-4-10(2)15(18(32)26-13(19(33)34)7-8-14(28)29)27-16(30)11(3)25-17(31)12(21)6-5-9-24-20(22)23/h10-13,15H,4-9,21H2,1-3H3,(H,25,31)(H,26,32)(H,27,30)(H,28,29)(H,33,34)(H4,22,23,24). The number of rotatable bonds is 16. The number of carbonyl (C=O) groups is 5. The van der Waals surface area contributed by atoms with E-state index in [2.05, 4.69) is 20.9 Å². The number of carboxylic acids is 2. The van der Waals surface area contributed by atoms with Crippen molar-refractivity contribution >= 4 is 35.6 Å². The highest BCUT2D eigenvalue weighted by molar-refractivity contribution is 5.94. The van der Waals surface area contributed by atoms with Gasteiger partial charge in [0.15, 0.2) is 5.96 Å². The lowest BCUT2D eigenvalue weighted by molar-refractivity contribution is -0.143. The number of hydrogen-bond donors (Lipinski definition) is 8. The van der Waals surface area contributed by atoms with Crippen LogP contribution in [0.1, 0.15) is 52.9 Å². The zero-order valence-corrected chi connectivity index (χ0v) is 19.7. The van der Waals surface area contributed by atoms with Crippen LogP contribution in [0.5, 0.6) is 0 Å². The number of aliphatic carboxylic acids is 2. The summed E-state index contributed by atoms with van der Waals surface area (Å²) in [4.78, 5) is 63.5. The Morgan fingerprint density at radius 2 is 1.53 bits per heavy atom. The number of nitrogens with two attached hydrogens (primary N) is 3. The molecule has 0 aromatic heterocycles. The highest BCUT2D eigenvalue weighted by Gasteiger charge is 2.31. The van der Waals surface area contributed by atoms with Crippen LogP contribution in [0.3, 0.4) is 0 Å². The van der Waals surface area contributed by atoms with Crippen molar-refractivity contribution in [2.24, 2.45) is 28.1 Å². The van der Waals surface area contributed by atoms with Crippen molar-refractivity contribution in [3.63, 3.8) is 0 Å². The summed E-state index contributed by atoms with van der Waals surface area (Å²) in [6.45, 7) is 5.18. The molecule has 34 heavy (non-hydrogen) atoms. The molecule has 0 aliphatic rings. The average molecular weight is 488 g/mol. The van der Waals surface area contributed by atoms with Gasteiger partial charge in [0.2, 0.25) is 17.7 Å². The Kier molecular flexibility index (Phi) is 13.9. The Balaban J connectivity index is 5.04. The Morgan fingerprint density at radius 1 is 0.912 bits per heavy atom. The van der Waals surface area contributed by atoms with Gasteiger partial charge in [-0.3, -0.25) is 24.2 Å². The van der Waals surface area contributed by atoms with E-state index in [9.17, 15) is 29.1 Å². The molecule has 0 fully saturated rings. The van der Waals surface area contributed by atoms with Gasteiger partial charge in [0, 0.05) is 13.0 Å². The highest BCUT2D eigenvalue weighted by Crippen LogP contribution is 2.10. The number of nitrogens with one attached hydrogen (secondary N) is 3. The minimum absolute atomic E-state index is 0.0697. The Bertz CT molecular complexity index is 756. The number of hydrogen-bond acceptors (Lipinski definition) is 7. The number of nitrogens with zero attached hydrogens (tertiary/aromatic N) is 1. The fraction of sp³-hybridized carbons (Fsp3) is 0.700. The summed E-state index contributed by atoms with van der Waals surface area (Å²) in [6.07, 6.45) is 0.447. The summed E-state index contributed by atoms with van der Waals surface area (Å²) < 4.78 is 0. The monoisotopic (exact) mass is 487 g/mol. The van der Waals surface area contributed by atoms with E-state index < -0.39 is 60.2 Å². The molecular formula is C20H37N7O7. The van der Waals surface area contributed by atoms with Crippen LogP contribution in [0, 0.1) is 5.92 Å². The van der Waals surface area contributed by atoms with Crippen LogP contribution < -0.4 is 33.2 Å². The fourth-order valence-electron chi connectivity index (χ4n) is 2.80. The van der Waals surface area contributed by atoms with Gasteiger partial charge < -0.3 is 43.4 Å². The zero-order chi connectivity index (χ0) is 26.4. The second kappa shape index (κ2) is 15.4. The van der Waals surface area contributed by atoms with Crippen LogP contribution >= 0.6 is 0 Å². The number of carbonyl (C=O) groups excluding carboxylic acids is 3. The topological polar surface area (TPSA) is 252 Å². The molecule has 14 nitrogen and oxygen atoms in total. The molecule has 0 heterocycles. The molecule has 5 unspecified atom stereocenters. The van der Waals surface area contributed by atoms with E-state index in [4.69, 9.17) is 22.3 Å². The van der Waals surface area contributed by atoms with Crippen molar-refractivity contribution < 1.29 is 34.2 Å². The summed E-state index contributed by atoms with van der Waals surface area (Å²) in [5.41, 5.74) is 16.3. The van der Waals surface area contributed by atoms with E-state index in [1.165, 1.54) is 6.92 Å². The second-order valence-electron chi connectivity index (χ2n) is 7.99. The van der Waals surface area contributed by atoms with Crippen molar-refractivity contribution in [2.75, 3.05) is 6.54 Å². The SMILES string of the molecule is CCC(C)C(NC(=O)C(C)NC(=O)C(N)CCCN=C(N)N)C(=O)NC(CCC(=O)O)C(=O)O. The van der Waals surface area contributed by atoms with E-state index in [0.717, 1.165) is 0 Å². The first-order valence-corrected chi connectivity index (χ1v) is 11.0.